The molecule has 2 aromatic rings. The van der Waals surface area contributed by atoms with E-state index in [4.69, 9.17) is 11.6 Å². The Morgan fingerprint density at radius 1 is 1.11 bits per heavy atom. The SMILES string of the molecule is CC1CCN(c2ccc([C@H](C)NC(=O)/C=C/c3ccc(Cl)cc3)cc2)CC1. The molecule has 3 nitrogen and oxygen atoms in total. The van der Waals surface area contributed by atoms with Gasteiger partial charge in [0.1, 0.15) is 0 Å². The minimum Gasteiger partial charge on any atom is -0.372 e. The molecule has 142 valence electrons. The standard InChI is InChI=1S/C23H27ClN2O/c1-17-13-15-26(16-14-17)22-10-6-20(7-11-22)18(2)25-23(27)12-5-19-3-8-21(24)9-4-19/h3-12,17-18H,13-16H2,1-2H3,(H,25,27)/b12-5+/t18-/m0/s1. The lowest BCUT2D eigenvalue weighted by Gasteiger charge is -2.32. The number of nitrogens with zero attached hydrogens (tertiary/aromatic N) is 1. The molecule has 1 atom stereocenters. The number of nitrogens with one attached hydrogen (secondary N) is 1. The third kappa shape index (κ3) is 5.61. The number of amides is 1. The van der Waals surface area contributed by atoms with Gasteiger partial charge in [-0.15, -0.1) is 0 Å². The lowest BCUT2D eigenvalue weighted by atomic mass is 9.98. The van der Waals surface area contributed by atoms with E-state index >= 15 is 0 Å². The molecule has 0 radical (unpaired) electrons. The zero-order chi connectivity index (χ0) is 19.2. The van der Waals surface area contributed by atoms with E-state index in [1.54, 1.807) is 12.2 Å². The normalized spacial score (nSPS) is 16.5. The molecule has 1 saturated heterocycles. The van der Waals surface area contributed by atoms with Gasteiger partial charge < -0.3 is 10.2 Å². The van der Waals surface area contributed by atoms with Crippen LogP contribution in [-0.2, 0) is 4.79 Å². The molecular weight excluding hydrogens is 356 g/mol. The summed E-state index contributed by atoms with van der Waals surface area (Å²) in [7, 11) is 0. The van der Waals surface area contributed by atoms with Crippen molar-refractivity contribution < 1.29 is 4.79 Å². The van der Waals surface area contributed by atoms with Gasteiger partial charge in [-0.25, -0.2) is 0 Å². The largest absolute Gasteiger partial charge is 0.372 e. The Labute approximate surface area is 167 Å². The highest BCUT2D eigenvalue weighted by molar-refractivity contribution is 6.30. The van der Waals surface area contributed by atoms with Crippen LogP contribution in [-0.4, -0.2) is 19.0 Å². The molecule has 0 spiro atoms. The van der Waals surface area contributed by atoms with Gasteiger partial charge in [-0.05, 0) is 67.2 Å². The van der Waals surface area contributed by atoms with Crippen LogP contribution in [0.1, 0.15) is 43.9 Å². The van der Waals surface area contributed by atoms with E-state index in [9.17, 15) is 4.79 Å². The molecule has 1 N–H and O–H groups in total. The first kappa shape index (κ1) is 19.5. The van der Waals surface area contributed by atoms with Crippen LogP contribution < -0.4 is 10.2 Å². The highest BCUT2D eigenvalue weighted by Gasteiger charge is 2.16. The number of rotatable bonds is 5. The van der Waals surface area contributed by atoms with E-state index in [1.807, 2.05) is 31.2 Å². The van der Waals surface area contributed by atoms with Crippen LogP contribution in [0.2, 0.25) is 5.02 Å². The molecule has 2 aromatic carbocycles. The Kier molecular flexibility index (Phi) is 6.57. The van der Waals surface area contributed by atoms with Crippen molar-refractivity contribution in [2.75, 3.05) is 18.0 Å². The van der Waals surface area contributed by atoms with E-state index in [2.05, 4.69) is 41.4 Å². The summed E-state index contributed by atoms with van der Waals surface area (Å²) in [6.45, 7) is 6.59. The van der Waals surface area contributed by atoms with E-state index < -0.39 is 0 Å². The summed E-state index contributed by atoms with van der Waals surface area (Å²) in [5, 5.41) is 3.70. The molecular formula is C23H27ClN2O. The van der Waals surface area contributed by atoms with E-state index in [-0.39, 0.29) is 11.9 Å². The van der Waals surface area contributed by atoms with Crippen LogP contribution in [0.15, 0.2) is 54.6 Å². The van der Waals surface area contributed by atoms with Crippen molar-refractivity contribution >= 4 is 29.3 Å². The number of carbonyl (C=O) groups excluding carboxylic acids is 1. The van der Waals surface area contributed by atoms with Crippen LogP contribution in [0.5, 0.6) is 0 Å². The van der Waals surface area contributed by atoms with Crippen molar-refractivity contribution in [2.24, 2.45) is 5.92 Å². The summed E-state index contributed by atoms with van der Waals surface area (Å²) in [4.78, 5) is 14.6. The molecule has 0 saturated carbocycles. The Morgan fingerprint density at radius 3 is 2.37 bits per heavy atom. The first-order valence-corrected chi connectivity index (χ1v) is 9.98. The molecule has 1 heterocycles. The predicted molar refractivity (Wildman–Crippen MR) is 114 cm³/mol. The molecule has 3 rings (SSSR count). The van der Waals surface area contributed by atoms with Gasteiger partial charge in [-0.2, -0.15) is 0 Å². The number of hydrogen-bond acceptors (Lipinski definition) is 2. The second-order valence-corrected chi connectivity index (χ2v) is 7.81. The van der Waals surface area contributed by atoms with Gasteiger partial charge >= 0.3 is 0 Å². The van der Waals surface area contributed by atoms with Crippen molar-refractivity contribution in [2.45, 2.75) is 32.7 Å². The van der Waals surface area contributed by atoms with Crippen LogP contribution >= 0.6 is 11.6 Å². The molecule has 1 aliphatic rings. The summed E-state index contributed by atoms with van der Waals surface area (Å²) < 4.78 is 0. The Balaban J connectivity index is 1.54. The molecule has 0 unspecified atom stereocenters. The molecule has 1 amide bonds. The highest BCUT2D eigenvalue weighted by atomic mass is 35.5. The average molecular weight is 383 g/mol. The van der Waals surface area contributed by atoms with Crippen molar-refractivity contribution in [1.82, 2.24) is 5.32 Å². The Bertz CT molecular complexity index is 775. The number of anilines is 1. The number of hydrogen-bond donors (Lipinski definition) is 1. The maximum atomic E-state index is 12.2. The van der Waals surface area contributed by atoms with E-state index in [0.29, 0.717) is 5.02 Å². The van der Waals surface area contributed by atoms with Gasteiger partial charge in [0.2, 0.25) is 5.91 Å². The lowest BCUT2D eigenvalue weighted by Crippen LogP contribution is -2.32. The molecule has 0 bridgehead atoms. The van der Waals surface area contributed by atoms with Gasteiger partial charge in [0.25, 0.3) is 0 Å². The van der Waals surface area contributed by atoms with E-state index in [1.165, 1.54) is 18.5 Å². The average Bonchev–Trinajstić information content (AvgIpc) is 2.68. The number of halogens is 1. The van der Waals surface area contributed by atoms with Gasteiger partial charge in [-0.3, -0.25) is 4.79 Å². The van der Waals surface area contributed by atoms with Gasteiger partial charge in [0, 0.05) is 29.9 Å². The summed E-state index contributed by atoms with van der Waals surface area (Å²) in [6.07, 6.45) is 5.87. The molecule has 0 aromatic heterocycles. The summed E-state index contributed by atoms with van der Waals surface area (Å²) in [5.41, 5.74) is 3.33. The lowest BCUT2D eigenvalue weighted by molar-refractivity contribution is -0.117. The van der Waals surface area contributed by atoms with Gasteiger partial charge in [0.05, 0.1) is 6.04 Å². The van der Waals surface area contributed by atoms with Gasteiger partial charge in [-0.1, -0.05) is 42.8 Å². The van der Waals surface area contributed by atoms with Crippen LogP contribution in [0, 0.1) is 5.92 Å². The van der Waals surface area contributed by atoms with Crippen LogP contribution in [0.3, 0.4) is 0 Å². The van der Waals surface area contributed by atoms with Crippen molar-refractivity contribution in [1.29, 1.82) is 0 Å². The second-order valence-electron chi connectivity index (χ2n) is 7.38. The minimum atomic E-state index is -0.105. The highest BCUT2D eigenvalue weighted by Crippen LogP contribution is 2.24. The molecule has 1 aliphatic heterocycles. The number of carbonyl (C=O) groups is 1. The van der Waals surface area contributed by atoms with Gasteiger partial charge in [0.15, 0.2) is 0 Å². The van der Waals surface area contributed by atoms with Crippen molar-refractivity contribution in [3.63, 3.8) is 0 Å². The fraction of sp³-hybridized carbons (Fsp3) is 0.348. The first-order valence-electron chi connectivity index (χ1n) is 9.60. The summed E-state index contributed by atoms with van der Waals surface area (Å²) >= 11 is 5.87. The maximum Gasteiger partial charge on any atom is 0.244 e. The van der Waals surface area contributed by atoms with Crippen molar-refractivity contribution in [3.05, 3.63) is 70.8 Å². The summed E-state index contributed by atoms with van der Waals surface area (Å²) in [6, 6.07) is 15.9. The number of benzene rings is 2. The van der Waals surface area contributed by atoms with Crippen LogP contribution in [0.4, 0.5) is 5.69 Å². The van der Waals surface area contributed by atoms with Crippen LogP contribution in [0.25, 0.3) is 6.08 Å². The quantitative estimate of drug-likeness (QED) is 0.695. The third-order valence-electron chi connectivity index (χ3n) is 5.20. The number of piperidine rings is 1. The Hall–Kier alpha value is -2.26. The topological polar surface area (TPSA) is 32.3 Å². The molecule has 0 aliphatic carbocycles. The zero-order valence-electron chi connectivity index (χ0n) is 16.0. The van der Waals surface area contributed by atoms with E-state index in [0.717, 1.165) is 30.1 Å². The molecule has 27 heavy (non-hydrogen) atoms. The minimum absolute atomic E-state index is 0.0391. The first-order chi connectivity index (χ1) is 13.0. The Morgan fingerprint density at radius 2 is 1.74 bits per heavy atom. The molecule has 1 fully saturated rings. The molecule has 4 heteroatoms. The summed E-state index contributed by atoms with van der Waals surface area (Å²) in [5.74, 6) is 0.725. The monoisotopic (exact) mass is 382 g/mol. The zero-order valence-corrected chi connectivity index (χ0v) is 16.7. The van der Waals surface area contributed by atoms with Crippen molar-refractivity contribution in [3.8, 4) is 0 Å². The third-order valence-corrected chi connectivity index (χ3v) is 5.45. The maximum absolute atomic E-state index is 12.2. The predicted octanol–water partition coefficient (Wildman–Crippen LogP) is 5.47. The fourth-order valence-corrected chi connectivity index (χ4v) is 3.46. The fourth-order valence-electron chi connectivity index (χ4n) is 3.33. The second kappa shape index (κ2) is 9.09. The smallest absolute Gasteiger partial charge is 0.244 e.